The van der Waals surface area contributed by atoms with Crippen LogP contribution in [0.25, 0.3) is 21.7 Å². The molecular weight excluding hydrogens is 458 g/mol. The maximum Gasteiger partial charge on any atom is 0.293 e. The SMILES string of the molecule is Cc1cc2oc(C(=O)Nc3nc(-c4ccc(Br)s4)ns3)c(C)c2cc1Cl. The van der Waals surface area contributed by atoms with Gasteiger partial charge in [0.25, 0.3) is 5.91 Å². The van der Waals surface area contributed by atoms with Gasteiger partial charge in [-0.15, -0.1) is 11.3 Å². The molecule has 4 aromatic rings. The van der Waals surface area contributed by atoms with Crippen molar-refractivity contribution in [2.45, 2.75) is 13.8 Å². The lowest BCUT2D eigenvalue weighted by molar-refractivity contribution is 0.0998. The first-order valence-electron chi connectivity index (χ1n) is 7.52. The molecule has 1 amide bonds. The molecule has 1 N–H and O–H groups in total. The van der Waals surface area contributed by atoms with Gasteiger partial charge in [-0.1, -0.05) is 11.6 Å². The molecule has 1 aromatic carbocycles. The molecule has 0 atom stereocenters. The second kappa shape index (κ2) is 6.77. The molecule has 0 unspecified atom stereocenters. The van der Waals surface area contributed by atoms with Crippen molar-refractivity contribution >= 4 is 72.4 Å². The van der Waals surface area contributed by atoms with E-state index in [0.717, 1.165) is 36.7 Å². The highest BCUT2D eigenvalue weighted by atomic mass is 79.9. The highest BCUT2D eigenvalue weighted by Crippen LogP contribution is 2.32. The van der Waals surface area contributed by atoms with E-state index in [1.165, 1.54) is 11.3 Å². The Bertz CT molecular complexity index is 1150. The third kappa shape index (κ3) is 3.18. The minimum atomic E-state index is -0.359. The maximum absolute atomic E-state index is 12.6. The first kappa shape index (κ1) is 17.7. The highest BCUT2D eigenvalue weighted by Gasteiger charge is 2.20. The molecule has 0 fully saturated rings. The Kier molecular flexibility index (Phi) is 4.60. The molecule has 5 nitrogen and oxygen atoms in total. The van der Waals surface area contributed by atoms with Crippen LogP contribution in [0, 0.1) is 13.8 Å². The van der Waals surface area contributed by atoms with Gasteiger partial charge in [0, 0.05) is 27.5 Å². The molecule has 0 aliphatic carbocycles. The fraction of sp³-hybridized carbons (Fsp3) is 0.118. The number of nitrogens with one attached hydrogen (secondary N) is 1. The molecule has 26 heavy (non-hydrogen) atoms. The zero-order valence-electron chi connectivity index (χ0n) is 13.6. The molecule has 132 valence electrons. The third-order valence-corrected chi connectivity index (χ3v) is 6.52. The van der Waals surface area contributed by atoms with Gasteiger partial charge in [-0.05, 0) is 59.6 Å². The third-order valence-electron chi connectivity index (χ3n) is 3.86. The smallest absolute Gasteiger partial charge is 0.293 e. The summed E-state index contributed by atoms with van der Waals surface area (Å²) in [6.07, 6.45) is 0. The summed E-state index contributed by atoms with van der Waals surface area (Å²) >= 11 is 12.3. The number of carbonyl (C=O) groups excluding carboxylic acids is 1. The van der Waals surface area contributed by atoms with E-state index >= 15 is 0 Å². The summed E-state index contributed by atoms with van der Waals surface area (Å²) in [5.74, 6) is 0.476. The fourth-order valence-corrected chi connectivity index (χ4v) is 4.64. The summed E-state index contributed by atoms with van der Waals surface area (Å²) in [5, 5.41) is 4.65. The summed E-state index contributed by atoms with van der Waals surface area (Å²) in [4.78, 5) is 17.9. The topological polar surface area (TPSA) is 68.0 Å². The molecule has 0 radical (unpaired) electrons. The Morgan fingerprint density at radius 1 is 1.31 bits per heavy atom. The van der Waals surface area contributed by atoms with Crippen LogP contribution in [-0.2, 0) is 0 Å². The van der Waals surface area contributed by atoms with E-state index < -0.39 is 0 Å². The minimum absolute atomic E-state index is 0.247. The van der Waals surface area contributed by atoms with Crippen LogP contribution in [0.2, 0.25) is 5.02 Å². The van der Waals surface area contributed by atoms with Gasteiger partial charge in [0.15, 0.2) is 11.6 Å². The van der Waals surface area contributed by atoms with Crippen LogP contribution in [0.15, 0.2) is 32.5 Å². The van der Waals surface area contributed by atoms with Gasteiger partial charge in [0.2, 0.25) is 5.13 Å². The number of fused-ring (bicyclic) bond motifs is 1. The molecule has 0 saturated heterocycles. The summed E-state index contributed by atoms with van der Waals surface area (Å²) < 4.78 is 11.0. The number of halogens is 2. The van der Waals surface area contributed by atoms with E-state index in [9.17, 15) is 4.79 Å². The Hall–Kier alpha value is -1.74. The van der Waals surface area contributed by atoms with Crippen LogP contribution in [0.3, 0.4) is 0 Å². The van der Waals surface area contributed by atoms with Gasteiger partial charge < -0.3 is 4.42 Å². The lowest BCUT2D eigenvalue weighted by Crippen LogP contribution is -2.11. The van der Waals surface area contributed by atoms with Crippen molar-refractivity contribution in [3.8, 4) is 10.7 Å². The predicted molar refractivity (Wildman–Crippen MR) is 110 cm³/mol. The minimum Gasteiger partial charge on any atom is -0.451 e. The molecule has 0 spiro atoms. The second-order valence-corrected chi connectivity index (χ2v) is 9.26. The van der Waals surface area contributed by atoms with Gasteiger partial charge in [-0.3, -0.25) is 10.1 Å². The normalized spacial score (nSPS) is 11.2. The van der Waals surface area contributed by atoms with E-state index in [1.807, 2.05) is 38.1 Å². The Balaban J connectivity index is 1.62. The second-order valence-electron chi connectivity index (χ2n) is 5.63. The number of hydrogen-bond acceptors (Lipinski definition) is 6. The van der Waals surface area contributed by atoms with Crippen molar-refractivity contribution in [3.05, 3.63) is 50.0 Å². The average molecular weight is 469 g/mol. The summed E-state index contributed by atoms with van der Waals surface area (Å²) in [7, 11) is 0. The predicted octanol–water partition coefficient (Wildman–Crippen LogP) is 6.30. The number of aryl methyl sites for hydroxylation is 2. The van der Waals surface area contributed by atoms with Crippen LogP contribution < -0.4 is 5.32 Å². The first-order valence-corrected chi connectivity index (χ1v) is 10.3. The highest BCUT2D eigenvalue weighted by molar-refractivity contribution is 9.11. The van der Waals surface area contributed by atoms with Gasteiger partial charge >= 0.3 is 0 Å². The van der Waals surface area contributed by atoms with Gasteiger partial charge in [-0.2, -0.15) is 9.36 Å². The summed E-state index contributed by atoms with van der Waals surface area (Å²) in [6.45, 7) is 3.73. The number of anilines is 1. The first-order chi connectivity index (χ1) is 12.4. The Morgan fingerprint density at radius 2 is 2.12 bits per heavy atom. The van der Waals surface area contributed by atoms with Crippen LogP contribution >= 0.6 is 50.4 Å². The molecule has 4 rings (SSSR count). The zero-order valence-corrected chi connectivity index (χ0v) is 17.6. The number of furan rings is 1. The molecule has 9 heteroatoms. The van der Waals surface area contributed by atoms with Crippen molar-refractivity contribution < 1.29 is 9.21 Å². The number of rotatable bonds is 3. The molecule has 0 bridgehead atoms. The number of nitrogens with zero attached hydrogens (tertiary/aromatic N) is 2. The van der Waals surface area contributed by atoms with E-state index in [4.69, 9.17) is 16.0 Å². The van der Waals surface area contributed by atoms with Crippen molar-refractivity contribution in [1.29, 1.82) is 0 Å². The lowest BCUT2D eigenvalue weighted by atomic mass is 10.1. The zero-order chi connectivity index (χ0) is 18.4. The van der Waals surface area contributed by atoms with Crippen LogP contribution in [0.4, 0.5) is 5.13 Å². The quantitative estimate of drug-likeness (QED) is 0.383. The molecule has 0 aliphatic heterocycles. The van der Waals surface area contributed by atoms with Crippen LogP contribution in [-0.4, -0.2) is 15.3 Å². The van der Waals surface area contributed by atoms with Crippen molar-refractivity contribution in [1.82, 2.24) is 9.36 Å². The fourth-order valence-electron chi connectivity index (χ4n) is 2.52. The molecule has 3 heterocycles. The Labute approximate surface area is 170 Å². The molecule has 0 saturated carbocycles. The molecule has 3 aromatic heterocycles. The number of aromatic nitrogens is 2. The number of thiophene rings is 1. The van der Waals surface area contributed by atoms with Gasteiger partial charge in [0.05, 0.1) is 8.66 Å². The summed E-state index contributed by atoms with van der Waals surface area (Å²) in [5.41, 5.74) is 2.28. The number of hydrogen-bond donors (Lipinski definition) is 1. The average Bonchev–Trinajstić information content (AvgIpc) is 3.29. The lowest BCUT2D eigenvalue weighted by Gasteiger charge is -1.98. The van der Waals surface area contributed by atoms with Gasteiger partial charge in [-0.25, -0.2) is 0 Å². The number of amides is 1. The van der Waals surface area contributed by atoms with E-state index in [2.05, 4.69) is 30.6 Å². The van der Waals surface area contributed by atoms with Crippen LogP contribution in [0.1, 0.15) is 21.7 Å². The number of benzene rings is 1. The standard InChI is InChI=1S/C17H11BrClN3O2S2/c1-7-5-11-9(6-10(7)19)8(2)14(24-11)16(23)21-17-20-15(22-26-17)12-3-4-13(18)25-12/h3-6H,1-2H3,(H,20,21,22,23). The van der Waals surface area contributed by atoms with Crippen LogP contribution in [0.5, 0.6) is 0 Å². The number of carbonyl (C=O) groups is 1. The van der Waals surface area contributed by atoms with E-state index in [-0.39, 0.29) is 11.7 Å². The molecule has 0 aliphatic rings. The Morgan fingerprint density at radius 3 is 2.85 bits per heavy atom. The monoisotopic (exact) mass is 467 g/mol. The van der Waals surface area contributed by atoms with Crippen molar-refractivity contribution in [2.75, 3.05) is 5.32 Å². The van der Waals surface area contributed by atoms with E-state index in [1.54, 1.807) is 0 Å². The molecular formula is C17H11BrClN3O2S2. The van der Waals surface area contributed by atoms with E-state index in [0.29, 0.717) is 21.6 Å². The van der Waals surface area contributed by atoms with Crippen molar-refractivity contribution in [3.63, 3.8) is 0 Å². The summed E-state index contributed by atoms with van der Waals surface area (Å²) in [6, 6.07) is 7.51. The van der Waals surface area contributed by atoms with Gasteiger partial charge in [0.1, 0.15) is 5.58 Å². The maximum atomic E-state index is 12.6. The van der Waals surface area contributed by atoms with Crippen molar-refractivity contribution in [2.24, 2.45) is 0 Å². The largest absolute Gasteiger partial charge is 0.451 e.